The Balaban J connectivity index is 1.82. The van der Waals surface area contributed by atoms with E-state index in [4.69, 9.17) is 16.2 Å². The number of allylic oxidation sites excluding steroid dienone is 3. The molecule has 1 aliphatic heterocycles. The Morgan fingerprint density at radius 3 is 2.70 bits per heavy atom. The molecule has 0 bridgehead atoms. The van der Waals surface area contributed by atoms with Gasteiger partial charge in [-0.05, 0) is 34.8 Å². The van der Waals surface area contributed by atoms with E-state index >= 15 is 0 Å². The third-order valence-corrected chi connectivity index (χ3v) is 6.49. The molecule has 1 aromatic carbocycles. The van der Waals surface area contributed by atoms with Crippen molar-refractivity contribution in [3.8, 4) is 11.5 Å². The monoisotopic (exact) mass is 382 g/mol. The van der Waals surface area contributed by atoms with Crippen molar-refractivity contribution in [1.82, 2.24) is 9.97 Å². The quantitative estimate of drug-likeness (QED) is 0.745. The number of aromatic hydroxyl groups is 1. The number of rotatable bonds is 3. The largest absolute Gasteiger partial charge is 0.504 e. The summed E-state index contributed by atoms with van der Waals surface area (Å²) in [4.78, 5) is 21.1. The summed E-state index contributed by atoms with van der Waals surface area (Å²) < 4.78 is 5.22. The third-order valence-electron chi connectivity index (χ3n) is 4.94. The molecule has 138 valence electrons. The number of hydrogen-bond acceptors (Lipinski definition) is 7. The van der Waals surface area contributed by atoms with E-state index in [1.807, 2.05) is 12.2 Å². The van der Waals surface area contributed by atoms with Crippen LogP contribution < -0.4 is 16.2 Å². The molecule has 2 atom stereocenters. The van der Waals surface area contributed by atoms with Crippen LogP contribution in [0.5, 0.6) is 11.5 Å². The van der Waals surface area contributed by atoms with E-state index < -0.39 is 5.91 Å². The number of phenols is 1. The van der Waals surface area contributed by atoms with Gasteiger partial charge in [-0.15, -0.1) is 11.8 Å². The Labute approximate surface area is 160 Å². The van der Waals surface area contributed by atoms with Crippen LogP contribution in [0.4, 0.5) is 5.82 Å². The predicted molar refractivity (Wildman–Crippen MR) is 104 cm³/mol. The standard InChI is InChI=1S/C19H18N4O3S/c1-8-10(9-5-12(19(21)25)15(24)13(6-9)26-2)3-4-11-14-17(27-16(8)11)18(20)23-7-22-14/h3-8,16,24H,1-2H3,(H2,21,25)(H2,20,22,23). The zero-order valence-electron chi connectivity index (χ0n) is 14.8. The molecule has 27 heavy (non-hydrogen) atoms. The van der Waals surface area contributed by atoms with Crippen molar-refractivity contribution in [2.24, 2.45) is 11.7 Å². The van der Waals surface area contributed by atoms with E-state index in [1.54, 1.807) is 23.9 Å². The first-order valence-electron chi connectivity index (χ1n) is 8.32. The van der Waals surface area contributed by atoms with Crippen molar-refractivity contribution in [3.05, 3.63) is 47.4 Å². The second-order valence-corrected chi connectivity index (χ2v) is 7.60. The summed E-state index contributed by atoms with van der Waals surface area (Å²) in [7, 11) is 1.44. The molecule has 2 aliphatic rings. The summed E-state index contributed by atoms with van der Waals surface area (Å²) in [5, 5.41) is 10.3. The minimum absolute atomic E-state index is 0.0321. The molecular weight excluding hydrogens is 364 g/mol. The topological polar surface area (TPSA) is 124 Å². The van der Waals surface area contributed by atoms with E-state index in [1.165, 1.54) is 13.4 Å². The van der Waals surface area contributed by atoms with Gasteiger partial charge in [0, 0.05) is 5.25 Å². The second-order valence-electron chi connectivity index (χ2n) is 6.45. The lowest BCUT2D eigenvalue weighted by atomic mass is 9.82. The van der Waals surface area contributed by atoms with Gasteiger partial charge in [0.2, 0.25) is 0 Å². The molecule has 0 spiro atoms. The number of anilines is 1. The minimum atomic E-state index is -0.710. The van der Waals surface area contributed by atoms with Gasteiger partial charge in [-0.25, -0.2) is 9.97 Å². The van der Waals surface area contributed by atoms with Crippen molar-refractivity contribution in [3.63, 3.8) is 0 Å². The van der Waals surface area contributed by atoms with Crippen LogP contribution in [0.15, 0.2) is 35.5 Å². The molecule has 0 saturated carbocycles. The minimum Gasteiger partial charge on any atom is -0.504 e. The number of ether oxygens (including phenoxy) is 1. The molecular formula is C19H18N4O3S. The van der Waals surface area contributed by atoms with Crippen LogP contribution in [0, 0.1) is 5.92 Å². The number of carbonyl (C=O) groups excluding carboxylic acids is 1. The molecule has 7 nitrogen and oxygen atoms in total. The van der Waals surface area contributed by atoms with Crippen LogP contribution in [-0.2, 0) is 0 Å². The fourth-order valence-corrected chi connectivity index (χ4v) is 4.93. The van der Waals surface area contributed by atoms with Crippen LogP contribution in [-0.4, -0.2) is 33.3 Å². The molecule has 8 heteroatoms. The molecule has 0 saturated heterocycles. The van der Waals surface area contributed by atoms with Crippen molar-refractivity contribution >= 4 is 34.6 Å². The number of hydrogen-bond donors (Lipinski definition) is 3. The Kier molecular flexibility index (Phi) is 4.07. The number of amides is 1. The maximum absolute atomic E-state index is 11.7. The Hall–Kier alpha value is -3.00. The first-order valence-corrected chi connectivity index (χ1v) is 9.20. The molecule has 5 N–H and O–H groups in total. The summed E-state index contributed by atoms with van der Waals surface area (Å²) >= 11 is 1.65. The van der Waals surface area contributed by atoms with Crippen molar-refractivity contribution < 1.29 is 14.6 Å². The number of primary amides is 1. The van der Waals surface area contributed by atoms with Gasteiger partial charge in [0.1, 0.15) is 12.1 Å². The fourth-order valence-electron chi connectivity index (χ4n) is 3.55. The summed E-state index contributed by atoms with van der Waals surface area (Å²) in [5.74, 6) is -0.157. The molecule has 2 unspecified atom stereocenters. The molecule has 2 heterocycles. The molecule has 1 aromatic heterocycles. The summed E-state index contributed by atoms with van der Waals surface area (Å²) in [6, 6.07) is 3.31. The molecule has 0 fully saturated rings. The fraction of sp³-hybridized carbons (Fsp3) is 0.211. The van der Waals surface area contributed by atoms with Crippen LogP contribution >= 0.6 is 11.8 Å². The highest BCUT2D eigenvalue weighted by atomic mass is 32.2. The highest BCUT2D eigenvalue weighted by Crippen LogP contribution is 2.53. The smallest absolute Gasteiger partial charge is 0.252 e. The van der Waals surface area contributed by atoms with Crippen LogP contribution in [0.1, 0.15) is 28.5 Å². The van der Waals surface area contributed by atoms with Gasteiger partial charge in [0.15, 0.2) is 11.5 Å². The zero-order chi connectivity index (χ0) is 19.3. The Morgan fingerprint density at radius 1 is 1.26 bits per heavy atom. The molecule has 0 radical (unpaired) electrons. The van der Waals surface area contributed by atoms with Gasteiger partial charge in [-0.2, -0.15) is 0 Å². The lowest BCUT2D eigenvalue weighted by Crippen LogP contribution is -2.18. The van der Waals surface area contributed by atoms with E-state index in [0.717, 1.165) is 27.3 Å². The molecule has 1 aliphatic carbocycles. The van der Waals surface area contributed by atoms with Gasteiger partial charge < -0.3 is 21.3 Å². The van der Waals surface area contributed by atoms with Crippen LogP contribution in [0.25, 0.3) is 11.1 Å². The number of thioether (sulfide) groups is 1. The Bertz CT molecular complexity index is 1030. The van der Waals surface area contributed by atoms with Crippen molar-refractivity contribution in [1.29, 1.82) is 0 Å². The van der Waals surface area contributed by atoms with E-state index in [-0.39, 0.29) is 28.2 Å². The average Bonchev–Trinajstić information content (AvgIpc) is 3.03. The number of fused-ring (bicyclic) bond motifs is 3. The van der Waals surface area contributed by atoms with Gasteiger partial charge in [0.25, 0.3) is 5.91 Å². The van der Waals surface area contributed by atoms with Gasteiger partial charge in [-0.3, -0.25) is 4.79 Å². The van der Waals surface area contributed by atoms with Gasteiger partial charge in [0.05, 0.1) is 23.3 Å². The Morgan fingerprint density at radius 2 is 2.00 bits per heavy atom. The third kappa shape index (κ3) is 2.64. The maximum Gasteiger partial charge on any atom is 0.252 e. The number of nitrogen functional groups attached to an aromatic ring is 1. The first kappa shape index (κ1) is 17.4. The highest BCUT2D eigenvalue weighted by Gasteiger charge is 2.38. The molecule has 1 amide bonds. The lowest BCUT2D eigenvalue weighted by molar-refractivity contribution is 0.0997. The number of nitrogens with two attached hydrogens (primary N) is 2. The number of methoxy groups -OCH3 is 1. The van der Waals surface area contributed by atoms with E-state index in [2.05, 4.69) is 16.9 Å². The van der Waals surface area contributed by atoms with Gasteiger partial charge in [-0.1, -0.05) is 19.1 Å². The summed E-state index contributed by atoms with van der Waals surface area (Å²) in [6.07, 6.45) is 5.50. The number of benzene rings is 1. The normalized spacial score (nSPS) is 20.4. The lowest BCUT2D eigenvalue weighted by Gasteiger charge is -2.27. The van der Waals surface area contributed by atoms with Gasteiger partial charge >= 0.3 is 0 Å². The van der Waals surface area contributed by atoms with E-state index in [0.29, 0.717) is 5.82 Å². The van der Waals surface area contributed by atoms with Crippen molar-refractivity contribution in [2.75, 3.05) is 12.8 Å². The van der Waals surface area contributed by atoms with Crippen molar-refractivity contribution in [2.45, 2.75) is 17.1 Å². The van der Waals surface area contributed by atoms with E-state index in [9.17, 15) is 9.90 Å². The van der Waals surface area contributed by atoms with Crippen LogP contribution in [0.2, 0.25) is 0 Å². The average molecular weight is 382 g/mol. The number of carbonyl (C=O) groups is 1. The maximum atomic E-state index is 11.7. The highest BCUT2D eigenvalue weighted by molar-refractivity contribution is 8.01. The number of nitrogens with zero attached hydrogens (tertiary/aromatic N) is 2. The zero-order valence-corrected chi connectivity index (χ0v) is 15.6. The number of aromatic nitrogens is 2. The SMILES string of the molecule is COc1cc(C2=CC=C3c4ncnc(N)c4SC3C2C)cc(C(N)=O)c1O. The predicted octanol–water partition coefficient (Wildman–Crippen LogP) is 2.46. The summed E-state index contributed by atoms with van der Waals surface area (Å²) in [6.45, 7) is 2.11. The molecule has 2 aromatic rings. The molecule has 4 rings (SSSR count). The second kappa shape index (κ2) is 6.31. The first-order chi connectivity index (χ1) is 12.9. The summed E-state index contributed by atoms with van der Waals surface area (Å²) in [5.41, 5.74) is 15.2. The van der Waals surface area contributed by atoms with Crippen LogP contribution in [0.3, 0.4) is 0 Å².